The van der Waals surface area contributed by atoms with E-state index in [1.165, 1.54) is 5.56 Å². The molecule has 0 radical (unpaired) electrons. The summed E-state index contributed by atoms with van der Waals surface area (Å²) in [5.74, 6) is 0.764. The number of hydrogen-bond acceptors (Lipinski definition) is 4. The van der Waals surface area contributed by atoms with Crippen molar-refractivity contribution in [3.8, 4) is 11.4 Å². The van der Waals surface area contributed by atoms with E-state index in [1.54, 1.807) is 12.4 Å². The van der Waals surface area contributed by atoms with Gasteiger partial charge in [0.15, 0.2) is 5.82 Å². The Morgan fingerprint density at radius 2 is 2.05 bits per heavy atom. The number of aromatic nitrogens is 3. The standard InChI is InChI=1S/C15H20N4/c1-3-11-10-17-7-6-14(11)15-18-8-5-13(19-15)9-12(16)4-2/h5-8,10,12H,3-4,9,16H2,1-2H3. The lowest BCUT2D eigenvalue weighted by molar-refractivity contribution is 0.636. The molecular formula is C15H20N4. The van der Waals surface area contributed by atoms with E-state index < -0.39 is 0 Å². The van der Waals surface area contributed by atoms with Gasteiger partial charge in [0, 0.05) is 42.3 Å². The molecule has 0 saturated heterocycles. The van der Waals surface area contributed by atoms with Crippen molar-refractivity contribution in [1.82, 2.24) is 15.0 Å². The van der Waals surface area contributed by atoms with E-state index in [0.717, 1.165) is 36.3 Å². The van der Waals surface area contributed by atoms with E-state index in [0.29, 0.717) is 0 Å². The van der Waals surface area contributed by atoms with Crippen LogP contribution >= 0.6 is 0 Å². The molecule has 2 rings (SSSR count). The third-order valence-electron chi connectivity index (χ3n) is 3.23. The molecule has 0 fully saturated rings. The molecule has 0 bridgehead atoms. The van der Waals surface area contributed by atoms with Crippen LogP contribution in [0.5, 0.6) is 0 Å². The van der Waals surface area contributed by atoms with Crippen LogP contribution in [0.2, 0.25) is 0 Å². The topological polar surface area (TPSA) is 64.7 Å². The van der Waals surface area contributed by atoms with Crippen LogP contribution in [0.15, 0.2) is 30.7 Å². The van der Waals surface area contributed by atoms with Crippen molar-refractivity contribution in [2.45, 2.75) is 39.2 Å². The molecule has 0 amide bonds. The number of nitrogens with zero attached hydrogens (tertiary/aromatic N) is 3. The molecule has 0 spiro atoms. The lowest BCUT2D eigenvalue weighted by Gasteiger charge is -2.10. The highest BCUT2D eigenvalue weighted by atomic mass is 14.9. The Morgan fingerprint density at radius 3 is 2.79 bits per heavy atom. The maximum atomic E-state index is 5.98. The molecule has 2 aromatic rings. The van der Waals surface area contributed by atoms with Gasteiger partial charge in [0.25, 0.3) is 0 Å². The van der Waals surface area contributed by atoms with Crippen LogP contribution in [0.3, 0.4) is 0 Å². The lowest BCUT2D eigenvalue weighted by Crippen LogP contribution is -2.22. The summed E-state index contributed by atoms with van der Waals surface area (Å²) in [5, 5.41) is 0. The van der Waals surface area contributed by atoms with Gasteiger partial charge < -0.3 is 5.73 Å². The highest BCUT2D eigenvalue weighted by molar-refractivity contribution is 5.59. The molecule has 0 aliphatic carbocycles. The van der Waals surface area contributed by atoms with E-state index in [1.807, 2.05) is 18.3 Å². The minimum atomic E-state index is 0.158. The average molecular weight is 256 g/mol. The number of nitrogens with two attached hydrogens (primary N) is 1. The molecule has 1 unspecified atom stereocenters. The second kappa shape index (κ2) is 6.38. The van der Waals surface area contributed by atoms with E-state index in [2.05, 4.69) is 28.8 Å². The smallest absolute Gasteiger partial charge is 0.159 e. The summed E-state index contributed by atoms with van der Waals surface area (Å²) in [6.45, 7) is 4.20. The first kappa shape index (κ1) is 13.6. The van der Waals surface area contributed by atoms with E-state index in [9.17, 15) is 0 Å². The van der Waals surface area contributed by atoms with Gasteiger partial charge >= 0.3 is 0 Å². The fourth-order valence-electron chi connectivity index (χ4n) is 1.98. The summed E-state index contributed by atoms with van der Waals surface area (Å²) in [4.78, 5) is 13.1. The van der Waals surface area contributed by atoms with Crippen LogP contribution < -0.4 is 5.73 Å². The molecule has 100 valence electrons. The molecule has 0 aliphatic heterocycles. The molecule has 2 aromatic heterocycles. The quantitative estimate of drug-likeness (QED) is 0.892. The highest BCUT2D eigenvalue weighted by Crippen LogP contribution is 2.19. The first-order valence-corrected chi connectivity index (χ1v) is 6.75. The zero-order chi connectivity index (χ0) is 13.7. The number of hydrogen-bond donors (Lipinski definition) is 1. The van der Waals surface area contributed by atoms with E-state index in [-0.39, 0.29) is 6.04 Å². The molecule has 0 aliphatic rings. The van der Waals surface area contributed by atoms with Crippen LogP contribution in [0.25, 0.3) is 11.4 Å². The Labute approximate surface area is 114 Å². The third kappa shape index (κ3) is 3.35. The van der Waals surface area contributed by atoms with Crippen LogP contribution in [0, 0.1) is 0 Å². The van der Waals surface area contributed by atoms with Crippen LogP contribution in [-0.4, -0.2) is 21.0 Å². The van der Waals surface area contributed by atoms with Crippen molar-refractivity contribution in [3.05, 3.63) is 42.0 Å². The van der Waals surface area contributed by atoms with Gasteiger partial charge in [-0.15, -0.1) is 0 Å². The summed E-state index contributed by atoms with van der Waals surface area (Å²) in [6.07, 6.45) is 8.13. The summed E-state index contributed by atoms with van der Waals surface area (Å²) < 4.78 is 0. The van der Waals surface area contributed by atoms with Gasteiger partial charge in [0.1, 0.15) is 0 Å². The predicted octanol–water partition coefficient (Wildman–Crippen LogP) is 2.38. The molecule has 4 nitrogen and oxygen atoms in total. The Morgan fingerprint density at radius 1 is 1.21 bits per heavy atom. The molecule has 4 heteroatoms. The monoisotopic (exact) mass is 256 g/mol. The van der Waals surface area contributed by atoms with Crippen molar-refractivity contribution in [2.24, 2.45) is 5.73 Å². The third-order valence-corrected chi connectivity index (χ3v) is 3.23. The zero-order valence-electron chi connectivity index (χ0n) is 11.5. The fourth-order valence-corrected chi connectivity index (χ4v) is 1.98. The van der Waals surface area contributed by atoms with Crippen molar-refractivity contribution in [2.75, 3.05) is 0 Å². The number of rotatable bonds is 5. The minimum absolute atomic E-state index is 0.158. The van der Waals surface area contributed by atoms with Gasteiger partial charge in [-0.1, -0.05) is 13.8 Å². The first-order valence-electron chi connectivity index (χ1n) is 6.75. The Hall–Kier alpha value is -1.81. The largest absolute Gasteiger partial charge is 0.327 e. The van der Waals surface area contributed by atoms with Crippen LogP contribution in [-0.2, 0) is 12.8 Å². The Kier molecular flexibility index (Phi) is 4.58. The van der Waals surface area contributed by atoms with Crippen molar-refractivity contribution < 1.29 is 0 Å². The van der Waals surface area contributed by atoms with Crippen molar-refractivity contribution in [3.63, 3.8) is 0 Å². The SMILES string of the molecule is CCc1cnccc1-c1nccc(CC(N)CC)n1. The van der Waals surface area contributed by atoms with Gasteiger partial charge in [-0.2, -0.15) is 0 Å². The molecular weight excluding hydrogens is 236 g/mol. The lowest BCUT2D eigenvalue weighted by atomic mass is 10.1. The van der Waals surface area contributed by atoms with Crippen LogP contribution in [0.4, 0.5) is 0 Å². The predicted molar refractivity (Wildman–Crippen MR) is 76.6 cm³/mol. The van der Waals surface area contributed by atoms with Gasteiger partial charge in [0.05, 0.1) is 0 Å². The van der Waals surface area contributed by atoms with E-state index in [4.69, 9.17) is 5.73 Å². The summed E-state index contributed by atoms with van der Waals surface area (Å²) >= 11 is 0. The Bertz CT molecular complexity index is 539. The minimum Gasteiger partial charge on any atom is -0.327 e. The molecule has 0 aromatic carbocycles. The molecule has 1 atom stereocenters. The molecule has 2 N–H and O–H groups in total. The first-order chi connectivity index (χ1) is 9.24. The van der Waals surface area contributed by atoms with Gasteiger partial charge in [-0.05, 0) is 30.5 Å². The second-order valence-electron chi connectivity index (χ2n) is 4.63. The van der Waals surface area contributed by atoms with Gasteiger partial charge in [-0.25, -0.2) is 9.97 Å². The average Bonchev–Trinajstić information content (AvgIpc) is 2.47. The molecule has 2 heterocycles. The maximum absolute atomic E-state index is 5.98. The number of aryl methyl sites for hydroxylation is 1. The summed E-state index contributed by atoms with van der Waals surface area (Å²) in [7, 11) is 0. The van der Waals surface area contributed by atoms with Crippen molar-refractivity contribution in [1.29, 1.82) is 0 Å². The zero-order valence-corrected chi connectivity index (χ0v) is 11.5. The fraction of sp³-hybridized carbons (Fsp3) is 0.400. The van der Waals surface area contributed by atoms with E-state index >= 15 is 0 Å². The summed E-state index contributed by atoms with van der Waals surface area (Å²) in [6, 6.07) is 4.06. The van der Waals surface area contributed by atoms with Gasteiger partial charge in [0.2, 0.25) is 0 Å². The van der Waals surface area contributed by atoms with Crippen LogP contribution in [0.1, 0.15) is 31.5 Å². The normalized spacial score (nSPS) is 12.4. The molecule has 19 heavy (non-hydrogen) atoms. The molecule has 0 saturated carbocycles. The number of pyridine rings is 1. The maximum Gasteiger partial charge on any atom is 0.159 e. The highest BCUT2D eigenvalue weighted by Gasteiger charge is 2.09. The Balaban J connectivity index is 2.32. The second-order valence-corrected chi connectivity index (χ2v) is 4.63. The van der Waals surface area contributed by atoms with Crippen molar-refractivity contribution >= 4 is 0 Å². The summed E-state index contributed by atoms with van der Waals surface area (Å²) in [5.41, 5.74) is 9.20. The van der Waals surface area contributed by atoms with Gasteiger partial charge in [-0.3, -0.25) is 4.98 Å².